The summed E-state index contributed by atoms with van der Waals surface area (Å²) in [6.07, 6.45) is 0. The molecular formula is C13H19BO3S. The first-order valence-corrected chi connectivity index (χ1v) is 6.44. The zero-order chi connectivity index (χ0) is 13.6. The lowest BCUT2D eigenvalue weighted by Gasteiger charge is -2.32. The lowest BCUT2D eigenvalue weighted by molar-refractivity contribution is 0.00578. The van der Waals surface area contributed by atoms with Crippen LogP contribution >= 0.6 is 12.6 Å². The summed E-state index contributed by atoms with van der Waals surface area (Å²) in [5, 5.41) is 0. The highest BCUT2D eigenvalue weighted by Gasteiger charge is 2.52. The molecule has 1 aliphatic heterocycles. The van der Waals surface area contributed by atoms with E-state index in [1.165, 1.54) is 0 Å². The van der Waals surface area contributed by atoms with Crippen molar-refractivity contribution in [3.05, 3.63) is 18.2 Å². The highest BCUT2D eigenvalue weighted by atomic mass is 32.1. The smallest absolute Gasteiger partial charge is 0.495 e. The summed E-state index contributed by atoms with van der Waals surface area (Å²) in [6.45, 7) is 8.15. The Bertz CT molecular complexity index is 444. The van der Waals surface area contributed by atoms with Gasteiger partial charge in [-0.3, -0.25) is 0 Å². The Kier molecular flexibility index (Phi) is 3.43. The van der Waals surface area contributed by atoms with Crippen molar-refractivity contribution in [3.8, 4) is 5.75 Å². The highest BCUT2D eigenvalue weighted by molar-refractivity contribution is 7.80. The molecule has 18 heavy (non-hydrogen) atoms. The Hall–Kier alpha value is -0.645. The molecule has 1 aromatic carbocycles. The van der Waals surface area contributed by atoms with Gasteiger partial charge in [-0.05, 0) is 45.3 Å². The molecule has 0 aliphatic carbocycles. The van der Waals surface area contributed by atoms with Crippen molar-refractivity contribution in [2.75, 3.05) is 7.11 Å². The van der Waals surface area contributed by atoms with Crippen molar-refractivity contribution in [1.82, 2.24) is 0 Å². The van der Waals surface area contributed by atoms with Crippen LogP contribution in [-0.2, 0) is 9.31 Å². The topological polar surface area (TPSA) is 27.7 Å². The van der Waals surface area contributed by atoms with Gasteiger partial charge in [0.15, 0.2) is 0 Å². The van der Waals surface area contributed by atoms with Gasteiger partial charge < -0.3 is 14.0 Å². The van der Waals surface area contributed by atoms with Gasteiger partial charge >= 0.3 is 7.12 Å². The fourth-order valence-corrected chi connectivity index (χ4v) is 2.13. The van der Waals surface area contributed by atoms with Crippen LogP contribution in [0, 0.1) is 0 Å². The normalized spacial score (nSPS) is 21.1. The van der Waals surface area contributed by atoms with E-state index in [2.05, 4.69) is 12.6 Å². The Balaban J connectivity index is 2.30. The van der Waals surface area contributed by atoms with Crippen LogP contribution in [0.2, 0.25) is 0 Å². The van der Waals surface area contributed by atoms with E-state index < -0.39 is 0 Å². The van der Waals surface area contributed by atoms with Gasteiger partial charge in [0.05, 0.1) is 18.3 Å². The van der Waals surface area contributed by atoms with Gasteiger partial charge in [0, 0.05) is 4.90 Å². The molecule has 3 nitrogen and oxygen atoms in total. The number of benzene rings is 1. The third-order valence-corrected chi connectivity index (χ3v) is 4.13. The molecule has 1 aromatic rings. The fraction of sp³-hybridized carbons (Fsp3) is 0.538. The van der Waals surface area contributed by atoms with Crippen molar-refractivity contribution >= 4 is 25.2 Å². The maximum atomic E-state index is 5.99. The molecule has 0 saturated carbocycles. The van der Waals surface area contributed by atoms with Crippen LogP contribution in [0.5, 0.6) is 5.75 Å². The quantitative estimate of drug-likeness (QED) is 0.657. The van der Waals surface area contributed by atoms with Crippen LogP contribution in [-0.4, -0.2) is 25.4 Å². The van der Waals surface area contributed by atoms with Crippen molar-refractivity contribution in [2.45, 2.75) is 43.8 Å². The molecule has 0 radical (unpaired) electrons. The Morgan fingerprint density at radius 3 is 2.11 bits per heavy atom. The lowest BCUT2D eigenvalue weighted by atomic mass is 9.79. The van der Waals surface area contributed by atoms with E-state index in [-0.39, 0.29) is 18.3 Å². The molecule has 0 aromatic heterocycles. The molecule has 0 bridgehead atoms. The van der Waals surface area contributed by atoms with E-state index in [0.717, 1.165) is 16.1 Å². The van der Waals surface area contributed by atoms with Gasteiger partial charge in [0.25, 0.3) is 0 Å². The van der Waals surface area contributed by atoms with Crippen LogP contribution in [0.3, 0.4) is 0 Å². The molecule has 1 fully saturated rings. The zero-order valence-electron chi connectivity index (χ0n) is 11.5. The van der Waals surface area contributed by atoms with E-state index in [1.54, 1.807) is 7.11 Å². The molecule has 0 unspecified atom stereocenters. The minimum Gasteiger partial charge on any atom is -0.497 e. The monoisotopic (exact) mass is 266 g/mol. The molecule has 1 heterocycles. The molecule has 1 saturated heterocycles. The van der Waals surface area contributed by atoms with Crippen LogP contribution in [0.4, 0.5) is 0 Å². The Morgan fingerprint density at radius 2 is 1.67 bits per heavy atom. The summed E-state index contributed by atoms with van der Waals surface area (Å²) in [6, 6.07) is 5.69. The Morgan fingerprint density at radius 1 is 1.11 bits per heavy atom. The highest BCUT2D eigenvalue weighted by Crippen LogP contribution is 2.37. The van der Waals surface area contributed by atoms with Crippen molar-refractivity contribution < 1.29 is 14.0 Å². The predicted molar refractivity (Wildman–Crippen MR) is 76.0 cm³/mol. The summed E-state index contributed by atoms with van der Waals surface area (Å²) in [7, 11) is 1.25. The summed E-state index contributed by atoms with van der Waals surface area (Å²) in [5.74, 6) is 0.778. The predicted octanol–water partition coefficient (Wildman–Crippen LogP) is 2.28. The Labute approximate surface area is 114 Å². The molecule has 2 rings (SSSR count). The standard InChI is InChI=1S/C13H19BO3S/c1-12(2)13(3,4)17-14(16-12)10-7-6-9(15-5)8-11(10)18/h6-8,18H,1-5H3. The van der Waals surface area contributed by atoms with E-state index in [9.17, 15) is 0 Å². The average molecular weight is 266 g/mol. The molecule has 0 spiro atoms. The summed E-state index contributed by atoms with van der Waals surface area (Å²) >= 11 is 4.47. The summed E-state index contributed by atoms with van der Waals surface area (Å²) in [5.41, 5.74) is 0.257. The second-order valence-corrected chi connectivity index (χ2v) is 5.99. The molecule has 0 amide bonds. The third kappa shape index (κ3) is 2.27. The van der Waals surface area contributed by atoms with E-state index >= 15 is 0 Å². The minimum absolute atomic E-state index is 0.336. The largest absolute Gasteiger partial charge is 0.497 e. The molecule has 0 N–H and O–H groups in total. The number of ether oxygens (including phenoxy) is 1. The van der Waals surface area contributed by atoms with Gasteiger partial charge in [-0.2, -0.15) is 0 Å². The minimum atomic E-state index is -0.381. The average Bonchev–Trinajstić information content (AvgIpc) is 2.47. The van der Waals surface area contributed by atoms with E-state index in [0.29, 0.717) is 0 Å². The maximum absolute atomic E-state index is 5.99. The van der Waals surface area contributed by atoms with Crippen LogP contribution in [0.1, 0.15) is 27.7 Å². The second-order valence-electron chi connectivity index (χ2n) is 5.51. The van der Waals surface area contributed by atoms with Crippen LogP contribution in [0.15, 0.2) is 23.1 Å². The first-order chi connectivity index (χ1) is 8.27. The molecular weight excluding hydrogens is 247 g/mol. The SMILES string of the molecule is COc1ccc(B2OC(C)(C)C(C)(C)O2)c(S)c1. The number of methoxy groups -OCH3 is 1. The van der Waals surface area contributed by atoms with Crippen LogP contribution in [0.25, 0.3) is 0 Å². The number of rotatable bonds is 2. The van der Waals surface area contributed by atoms with Crippen molar-refractivity contribution in [1.29, 1.82) is 0 Å². The summed E-state index contributed by atoms with van der Waals surface area (Å²) < 4.78 is 17.1. The van der Waals surface area contributed by atoms with Gasteiger partial charge in [-0.15, -0.1) is 12.6 Å². The van der Waals surface area contributed by atoms with Crippen molar-refractivity contribution in [2.24, 2.45) is 0 Å². The fourth-order valence-electron chi connectivity index (χ4n) is 1.82. The first-order valence-electron chi connectivity index (χ1n) is 5.99. The van der Waals surface area contributed by atoms with Gasteiger partial charge in [0.1, 0.15) is 5.75 Å². The third-order valence-electron chi connectivity index (χ3n) is 3.74. The first kappa shape index (κ1) is 13.8. The van der Waals surface area contributed by atoms with Gasteiger partial charge in [-0.1, -0.05) is 6.07 Å². The van der Waals surface area contributed by atoms with E-state index in [4.69, 9.17) is 14.0 Å². The number of hydrogen-bond donors (Lipinski definition) is 1. The molecule has 5 heteroatoms. The van der Waals surface area contributed by atoms with Crippen LogP contribution < -0.4 is 10.2 Å². The van der Waals surface area contributed by atoms with E-state index in [1.807, 2.05) is 45.9 Å². The number of thiol groups is 1. The molecule has 98 valence electrons. The number of hydrogen-bond acceptors (Lipinski definition) is 4. The maximum Gasteiger partial charge on any atom is 0.495 e. The molecule has 0 atom stereocenters. The second kappa shape index (κ2) is 4.47. The summed E-state index contributed by atoms with van der Waals surface area (Å²) in [4.78, 5) is 0.813. The van der Waals surface area contributed by atoms with Gasteiger partial charge in [-0.25, -0.2) is 0 Å². The van der Waals surface area contributed by atoms with Crippen molar-refractivity contribution in [3.63, 3.8) is 0 Å². The molecule has 1 aliphatic rings. The zero-order valence-corrected chi connectivity index (χ0v) is 12.4. The van der Waals surface area contributed by atoms with Gasteiger partial charge in [0.2, 0.25) is 0 Å². The lowest BCUT2D eigenvalue weighted by Crippen LogP contribution is -2.41.